The SMILES string of the molecule is CCNS(=O)(=O)c1cccc(C(=O)NCC2(c3ccc(OC)cc3)CCOCC2)c1. The van der Waals surface area contributed by atoms with Crippen molar-refractivity contribution in [2.75, 3.05) is 33.4 Å². The van der Waals surface area contributed by atoms with Gasteiger partial charge < -0.3 is 14.8 Å². The van der Waals surface area contributed by atoms with E-state index in [-0.39, 0.29) is 22.8 Å². The lowest BCUT2D eigenvalue weighted by Crippen LogP contribution is -2.44. The summed E-state index contributed by atoms with van der Waals surface area (Å²) in [5, 5.41) is 3.01. The van der Waals surface area contributed by atoms with Crippen LogP contribution in [0.2, 0.25) is 0 Å². The minimum atomic E-state index is -3.62. The number of amides is 1. The van der Waals surface area contributed by atoms with Gasteiger partial charge in [-0.05, 0) is 48.7 Å². The second-order valence-corrected chi connectivity index (χ2v) is 9.10. The van der Waals surface area contributed by atoms with Gasteiger partial charge in [-0.2, -0.15) is 0 Å². The Hall–Kier alpha value is -2.42. The molecule has 0 spiro atoms. The molecule has 1 fully saturated rings. The van der Waals surface area contributed by atoms with Gasteiger partial charge in [-0.1, -0.05) is 25.1 Å². The fourth-order valence-electron chi connectivity index (χ4n) is 3.70. The van der Waals surface area contributed by atoms with Gasteiger partial charge in [0.1, 0.15) is 5.75 Å². The van der Waals surface area contributed by atoms with Crippen molar-refractivity contribution in [3.63, 3.8) is 0 Å². The molecule has 0 radical (unpaired) electrons. The molecule has 30 heavy (non-hydrogen) atoms. The quantitative estimate of drug-likeness (QED) is 0.668. The van der Waals surface area contributed by atoms with Gasteiger partial charge in [0.05, 0.1) is 12.0 Å². The average Bonchev–Trinajstić information content (AvgIpc) is 2.78. The van der Waals surface area contributed by atoms with E-state index in [1.54, 1.807) is 26.2 Å². The molecule has 1 heterocycles. The standard InChI is InChI=1S/C22H28N2O5S/c1-3-24-30(26,27)20-6-4-5-17(15-20)21(25)23-16-22(11-13-29-14-12-22)18-7-9-19(28-2)10-8-18/h4-10,15,24H,3,11-14,16H2,1-2H3,(H,23,25). The zero-order valence-electron chi connectivity index (χ0n) is 17.3. The Labute approximate surface area is 177 Å². The number of methoxy groups -OCH3 is 1. The van der Waals surface area contributed by atoms with Crippen LogP contribution in [-0.4, -0.2) is 47.7 Å². The lowest BCUT2D eigenvalue weighted by molar-refractivity contribution is 0.0487. The number of sulfonamides is 1. The van der Waals surface area contributed by atoms with Gasteiger partial charge in [0.25, 0.3) is 5.91 Å². The Balaban J connectivity index is 1.78. The average molecular weight is 433 g/mol. The van der Waals surface area contributed by atoms with Gasteiger partial charge in [-0.25, -0.2) is 13.1 Å². The van der Waals surface area contributed by atoms with Crippen LogP contribution >= 0.6 is 0 Å². The Bertz CT molecular complexity index is 967. The molecule has 2 aromatic carbocycles. The first-order valence-electron chi connectivity index (χ1n) is 10.0. The van der Waals surface area contributed by atoms with Crippen LogP contribution in [0.25, 0.3) is 0 Å². The molecular weight excluding hydrogens is 404 g/mol. The molecule has 7 nitrogen and oxygen atoms in total. The Morgan fingerprint density at radius 2 is 1.83 bits per heavy atom. The summed E-state index contributed by atoms with van der Waals surface area (Å²) in [7, 11) is -1.99. The number of carbonyl (C=O) groups excluding carboxylic acids is 1. The first-order chi connectivity index (χ1) is 14.4. The summed E-state index contributed by atoms with van der Waals surface area (Å²) < 4.78 is 37.7. The molecule has 1 aliphatic heterocycles. The molecule has 1 saturated heterocycles. The number of carbonyl (C=O) groups is 1. The second-order valence-electron chi connectivity index (χ2n) is 7.33. The van der Waals surface area contributed by atoms with Crippen LogP contribution in [0, 0.1) is 0 Å². The fraction of sp³-hybridized carbons (Fsp3) is 0.409. The van der Waals surface area contributed by atoms with Crippen LogP contribution in [0.4, 0.5) is 0 Å². The summed E-state index contributed by atoms with van der Waals surface area (Å²) in [6.45, 7) is 3.67. The van der Waals surface area contributed by atoms with E-state index >= 15 is 0 Å². The van der Waals surface area contributed by atoms with Crippen LogP contribution in [0.1, 0.15) is 35.7 Å². The predicted molar refractivity (Wildman–Crippen MR) is 114 cm³/mol. The molecule has 2 N–H and O–H groups in total. The van der Waals surface area contributed by atoms with Crippen LogP contribution in [0.15, 0.2) is 53.4 Å². The van der Waals surface area contributed by atoms with Crippen LogP contribution < -0.4 is 14.8 Å². The van der Waals surface area contributed by atoms with E-state index < -0.39 is 10.0 Å². The largest absolute Gasteiger partial charge is 0.497 e. The highest BCUT2D eigenvalue weighted by molar-refractivity contribution is 7.89. The Morgan fingerprint density at radius 3 is 2.47 bits per heavy atom. The van der Waals surface area contributed by atoms with Crippen LogP contribution in [-0.2, 0) is 20.2 Å². The molecule has 1 amide bonds. The Morgan fingerprint density at radius 1 is 1.13 bits per heavy atom. The van der Waals surface area contributed by atoms with Crippen molar-refractivity contribution in [2.24, 2.45) is 0 Å². The van der Waals surface area contributed by atoms with Gasteiger partial charge in [-0.15, -0.1) is 0 Å². The van der Waals surface area contributed by atoms with Crippen LogP contribution in [0.5, 0.6) is 5.75 Å². The number of nitrogens with one attached hydrogen (secondary N) is 2. The van der Waals surface area contributed by atoms with E-state index in [2.05, 4.69) is 10.0 Å². The summed E-state index contributed by atoms with van der Waals surface area (Å²) >= 11 is 0. The van der Waals surface area contributed by atoms with E-state index in [9.17, 15) is 13.2 Å². The predicted octanol–water partition coefficient (Wildman–Crippen LogP) is 2.47. The molecule has 1 aliphatic rings. The summed E-state index contributed by atoms with van der Waals surface area (Å²) in [5.41, 5.74) is 1.19. The van der Waals surface area contributed by atoms with E-state index in [0.717, 1.165) is 24.2 Å². The molecule has 0 bridgehead atoms. The molecule has 0 unspecified atom stereocenters. The maximum Gasteiger partial charge on any atom is 0.251 e. The van der Waals surface area contributed by atoms with Gasteiger partial charge in [0.15, 0.2) is 0 Å². The maximum absolute atomic E-state index is 12.8. The number of benzene rings is 2. The number of ether oxygens (including phenoxy) is 2. The van der Waals surface area contributed by atoms with Crippen LogP contribution in [0.3, 0.4) is 0 Å². The molecule has 2 aromatic rings. The molecule has 162 valence electrons. The zero-order chi connectivity index (χ0) is 21.6. The third kappa shape index (κ3) is 5.00. The zero-order valence-corrected chi connectivity index (χ0v) is 18.1. The molecule has 0 aromatic heterocycles. The van der Waals surface area contributed by atoms with E-state index in [1.165, 1.54) is 12.1 Å². The lowest BCUT2D eigenvalue weighted by Gasteiger charge is -2.38. The lowest BCUT2D eigenvalue weighted by atomic mass is 9.74. The third-order valence-electron chi connectivity index (χ3n) is 5.48. The first kappa shape index (κ1) is 22.3. The molecular formula is C22H28N2O5S. The van der Waals surface area contributed by atoms with Crippen molar-refractivity contribution in [3.05, 3.63) is 59.7 Å². The van der Waals surface area contributed by atoms with Crippen molar-refractivity contribution in [1.29, 1.82) is 0 Å². The molecule has 0 atom stereocenters. The summed E-state index contributed by atoms with van der Waals surface area (Å²) in [4.78, 5) is 12.9. The van der Waals surface area contributed by atoms with Gasteiger partial charge in [0, 0.05) is 37.3 Å². The number of hydrogen-bond acceptors (Lipinski definition) is 5. The smallest absolute Gasteiger partial charge is 0.251 e. The summed E-state index contributed by atoms with van der Waals surface area (Å²) in [6, 6.07) is 14.0. The Kier molecular flexibility index (Phi) is 7.12. The highest BCUT2D eigenvalue weighted by atomic mass is 32.2. The molecule has 3 rings (SSSR count). The van der Waals surface area contributed by atoms with E-state index in [1.807, 2.05) is 24.3 Å². The first-order valence-corrected chi connectivity index (χ1v) is 11.5. The molecule has 0 aliphatic carbocycles. The van der Waals surface area contributed by atoms with Crippen molar-refractivity contribution in [3.8, 4) is 5.75 Å². The van der Waals surface area contributed by atoms with E-state index in [4.69, 9.17) is 9.47 Å². The molecule has 0 saturated carbocycles. The van der Waals surface area contributed by atoms with Gasteiger partial charge >= 0.3 is 0 Å². The summed E-state index contributed by atoms with van der Waals surface area (Å²) in [5.74, 6) is 0.478. The highest BCUT2D eigenvalue weighted by Gasteiger charge is 2.35. The van der Waals surface area contributed by atoms with Crippen molar-refractivity contribution in [1.82, 2.24) is 10.0 Å². The second kappa shape index (κ2) is 9.59. The summed E-state index contributed by atoms with van der Waals surface area (Å²) in [6.07, 6.45) is 1.57. The third-order valence-corrected chi connectivity index (χ3v) is 7.02. The van der Waals surface area contributed by atoms with Gasteiger partial charge in [-0.3, -0.25) is 4.79 Å². The minimum absolute atomic E-state index is 0.0768. The fourth-order valence-corrected chi connectivity index (χ4v) is 4.79. The van der Waals surface area contributed by atoms with Crippen molar-refractivity contribution < 1.29 is 22.7 Å². The topological polar surface area (TPSA) is 93.7 Å². The van der Waals surface area contributed by atoms with E-state index in [0.29, 0.717) is 25.3 Å². The minimum Gasteiger partial charge on any atom is -0.497 e. The monoisotopic (exact) mass is 432 g/mol. The van der Waals surface area contributed by atoms with Crippen molar-refractivity contribution in [2.45, 2.75) is 30.1 Å². The highest BCUT2D eigenvalue weighted by Crippen LogP contribution is 2.35. The number of rotatable bonds is 8. The number of hydrogen-bond donors (Lipinski definition) is 2. The maximum atomic E-state index is 12.8. The molecule has 8 heteroatoms. The normalized spacial score (nSPS) is 16.1. The van der Waals surface area contributed by atoms with Gasteiger partial charge in [0.2, 0.25) is 10.0 Å². The van der Waals surface area contributed by atoms with Crippen molar-refractivity contribution >= 4 is 15.9 Å².